The van der Waals surface area contributed by atoms with Crippen LogP contribution in [0.1, 0.15) is 26.3 Å². The molecule has 2 rings (SSSR count). The average Bonchev–Trinajstić information content (AvgIpc) is 2.51. The molecule has 1 fully saturated rings. The molecule has 142 valence electrons. The van der Waals surface area contributed by atoms with Crippen molar-refractivity contribution in [1.82, 2.24) is 5.32 Å². The van der Waals surface area contributed by atoms with Crippen LogP contribution in [0.25, 0.3) is 0 Å². The van der Waals surface area contributed by atoms with E-state index in [0.29, 0.717) is 18.7 Å². The van der Waals surface area contributed by atoms with E-state index in [2.05, 4.69) is 26.1 Å². The predicted molar refractivity (Wildman–Crippen MR) is 91.0 cm³/mol. The molecule has 0 amide bonds. The molecule has 0 aromatic heterocycles. The fourth-order valence-corrected chi connectivity index (χ4v) is 2.67. The van der Waals surface area contributed by atoms with Crippen LogP contribution in [0.2, 0.25) is 0 Å². The Morgan fingerprint density at radius 2 is 1.96 bits per heavy atom. The van der Waals surface area contributed by atoms with Crippen LogP contribution < -0.4 is 11.1 Å². The van der Waals surface area contributed by atoms with Crippen LogP contribution in [0.4, 0.5) is 8.78 Å². The van der Waals surface area contributed by atoms with E-state index in [-0.39, 0.29) is 30.8 Å². The van der Waals surface area contributed by atoms with Crippen molar-refractivity contribution in [2.45, 2.75) is 51.7 Å². The maximum Gasteiger partial charge on any atom is 0.169 e. The zero-order chi connectivity index (χ0) is 18.6. The molecule has 1 aromatic carbocycles. The second kappa shape index (κ2) is 8.51. The summed E-state index contributed by atoms with van der Waals surface area (Å²) in [6, 6.07) is 2.21. The number of benzene rings is 1. The SMILES string of the molecule is CC(C)(C)CO[C@H]1CN[C@@H]([C@@H](O)[C@@H](N)Cc2cc(F)cc(F)c2)CO1. The first-order valence-electron chi connectivity index (χ1n) is 8.49. The molecule has 0 unspecified atom stereocenters. The summed E-state index contributed by atoms with van der Waals surface area (Å²) in [7, 11) is 0. The van der Waals surface area contributed by atoms with Crippen LogP contribution in [0.5, 0.6) is 0 Å². The summed E-state index contributed by atoms with van der Waals surface area (Å²) >= 11 is 0. The highest BCUT2D eigenvalue weighted by Crippen LogP contribution is 2.17. The van der Waals surface area contributed by atoms with Gasteiger partial charge in [0.05, 0.1) is 25.4 Å². The van der Waals surface area contributed by atoms with Crippen molar-refractivity contribution < 1.29 is 23.4 Å². The van der Waals surface area contributed by atoms with Gasteiger partial charge in [0.15, 0.2) is 6.29 Å². The molecule has 7 heteroatoms. The number of hydrogen-bond acceptors (Lipinski definition) is 5. The highest BCUT2D eigenvalue weighted by atomic mass is 19.1. The van der Waals surface area contributed by atoms with E-state index in [4.69, 9.17) is 15.2 Å². The summed E-state index contributed by atoms with van der Waals surface area (Å²) in [4.78, 5) is 0. The van der Waals surface area contributed by atoms with Crippen LogP contribution >= 0.6 is 0 Å². The lowest BCUT2D eigenvalue weighted by Crippen LogP contribution is -2.58. The minimum atomic E-state index is -0.908. The van der Waals surface area contributed by atoms with Crippen molar-refractivity contribution in [3.05, 3.63) is 35.4 Å². The van der Waals surface area contributed by atoms with Crippen LogP contribution in [-0.2, 0) is 15.9 Å². The third-order valence-electron chi connectivity index (χ3n) is 3.96. The molecule has 0 aliphatic carbocycles. The number of ether oxygens (including phenoxy) is 2. The topological polar surface area (TPSA) is 76.7 Å². The molecule has 0 radical (unpaired) electrons. The second-order valence-electron chi connectivity index (χ2n) is 7.79. The van der Waals surface area contributed by atoms with Crippen molar-refractivity contribution in [2.75, 3.05) is 19.8 Å². The van der Waals surface area contributed by atoms with Crippen molar-refractivity contribution >= 4 is 0 Å². The minimum absolute atomic E-state index is 0.0440. The van der Waals surface area contributed by atoms with E-state index >= 15 is 0 Å². The minimum Gasteiger partial charge on any atom is -0.390 e. The first-order valence-corrected chi connectivity index (χ1v) is 8.49. The third kappa shape index (κ3) is 6.60. The van der Waals surface area contributed by atoms with Crippen molar-refractivity contribution in [3.63, 3.8) is 0 Å². The number of aliphatic hydroxyl groups excluding tert-OH is 1. The fourth-order valence-electron chi connectivity index (χ4n) is 2.67. The van der Waals surface area contributed by atoms with Crippen LogP contribution in [-0.4, -0.2) is 49.3 Å². The molecule has 1 aromatic rings. The highest BCUT2D eigenvalue weighted by Gasteiger charge is 2.31. The number of rotatable bonds is 6. The Bertz CT molecular complexity index is 537. The monoisotopic (exact) mass is 358 g/mol. The van der Waals surface area contributed by atoms with E-state index in [1.54, 1.807) is 0 Å². The Morgan fingerprint density at radius 3 is 2.48 bits per heavy atom. The maximum atomic E-state index is 13.2. The summed E-state index contributed by atoms with van der Waals surface area (Å²) < 4.78 is 37.8. The van der Waals surface area contributed by atoms with E-state index in [1.165, 1.54) is 12.1 Å². The number of aliphatic hydroxyl groups is 1. The molecule has 1 aliphatic rings. The van der Waals surface area contributed by atoms with Gasteiger partial charge in [-0.3, -0.25) is 0 Å². The Balaban J connectivity index is 1.82. The molecule has 4 atom stereocenters. The lowest BCUT2D eigenvalue weighted by molar-refractivity contribution is -0.182. The van der Waals surface area contributed by atoms with Gasteiger partial charge in [-0.25, -0.2) is 8.78 Å². The van der Waals surface area contributed by atoms with E-state index in [0.717, 1.165) is 6.07 Å². The second-order valence-corrected chi connectivity index (χ2v) is 7.79. The number of nitrogens with two attached hydrogens (primary N) is 1. The van der Waals surface area contributed by atoms with Crippen molar-refractivity contribution in [3.8, 4) is 0 Å². The molecule has 5 nitrogen and oxygen atoms in total. The van der Waals surface area contributed by atoms with Gasteiger partial charge in [0, 0.05) is 18.7 Å². The van der Waals surface area contributed by atoms with Gasteiger partial charge in [0.1, 0.15) is 11.6 Å². The average molecular weight is 358 g/mol. The number of halogens is 2. The number of nitrogens with one attached hydrogen (secondary N) is 1. The zero-order valence-corrected chi connectivity index (χ0v) is 15.0. The molecule has 1 saturated heterocycles. The van der Waals surface area contributed by atoms with Crippen LogP contribution in [0.3, 0.4) is 0 Å². The Morgan fingerprint density at radius 1 is 1.32 bits per heavy atom. The molecular formula is C18H28F2N2O3. The van der Waals surface area contributed by atoms with E-state index < -0.39 is 23.8 Å². The summed E-state index contributed by atoms with van der Waals surface area (Å²) in [5.41, 5.74) is 6.46. The van der Waals surface area contributed by atoms with E-state index in [9.17, 15) is 13.9 Å². The van der Waals surface area contributed by atoms with Gasteiger partial charge in [-0.2, -0.15) is 0 Å². The molecule has 1 aliphatic heterocycles. The number of hydrogen-bond donors (Lipinski definition) is 3. The first-order chi connectivity index (χ1) is 11.6. The first kappa shape index (κ1) is 20.2. The molecule has 0 bridgehead atoms. The lowest BCUT2D eigenvalue weighted by Gasteiger charge is -2.35. The molecule has 0 spiro atoms. The Labute approximate surface area is 147 Å². The number of morpholine rings is 1. The molecule has 1 heterocycles. The molecule has 25 heavy (non-hydrogen) atoms. The lowest BCUT2D eigenvalue weighted by atomic mass is 9.96. The zero-order valence-electron chi connectivity index (χ0n) is 15.0. The van der Waals surface area contributed by atoms with Gasteiger partial charge < -0.3 is 25.6 Å². The third-order valence-corrected chi connectivity index (χ3v) is 3.96. The van der Waals surface area contributed by atoms with Gasteiger partial charge in [0.2, 0.25) is 0 Å². The van der Waals surface area contributed by atoms with Crippen molar-refractivity contribution in [2.24, 2.45) is 11.1 Å². The molecule has 0 saturated carbocycles. The quantitative estimate of drug-likeness (QED) is 0.720. The Kier molecular flexibility index (Phi) is 6.87. The Hall–Kier alpha value is -1.12. The maximum absolute atomic E-state index is 13.2. The van der Waals surface area contributed by atoms with Gasteiger partial charge in [-0.15, -0.1) is 0 Å². The molecular weight excluding hydrogens is 330 g/mol. The van der Waals surface area contributed by atoms with Gasteiger partial charge >= 0.3 is 0 Å². The van der Waals surface area contributed by atoms with Gasteiger partial charge in [-0.05, 0) is 29.5 Å². The predicted octanol–water partition coefficient (Wildman–Crippen LogP) is 1.57. The van der Waals surface area contributed by atoms with Gasteiger partial charge in [0.25, 0.3) is 0 Å². The van der Waals surface area contributed by atoms with E-state index in [1.807, 2.05) is 0 Å². The molecule has 4 N–H and O–H groups in total. The van der Waals surface area contributed by atoms with Crippen molar-refractivity contribution in [1.29, 1.82) is 0 Å². The fraction of sp³-hybridized carbons (Fsp3) is 0.667. The highest BCUT2D eigenvalue weighted by molar-refractivity contribution is 5.19. The summed E-state index contributed by atoms with van der Waals surface area (Å²) in [5, 5.41) is 13.6. The van der Waals surface area contributed by atoms with Crippen LogP contribution in [0, 0.1) is 17.0 Å². The normalized spacial score (nSPS) is 24.1. The smallest absolute Gasteiger partial charge is 0.169 e. The largest absolute Gasteiger partial charge is 0.390 e. The summed E-state index contributed by atoms with van der Waals surface area (Å²) in [5.74, 6) is -1.32. The van der Waals surface area contributed by atoms with Gasteiger partial charge in [-0.1, -0.05) is 20.8 Å². The van der Waals surface area contributed by atoms with Crippen LogP contribution in [0.15, 0.2) is 18.2 Å². The summed E-state index contributed by atoms with van der Waals surface area (Å²) in [6.07, 6.45) is -1.11. The standard InChI is InChI=1S/C18H28F2N2O3/c1-18(2,3)10-25-16-8-22-15(9-24-16)17(23)14(21)6-11-4-12(19)7-13(20)5-11/h4-5,7,14-17,22-23H,6,8-10,21H2,1-3H3/t14-,15+,16-,17-/m0/s1. The summed E-state index contributed by atoms with van der Waals surface area (Å²) in [6.45, 7) is 7.48.